The Morgan fingerprint density at radius 1 is 1.37 bits per heavy atom. The first-order valence-electron chi connectivity index (χ1n) is 6.87. The Morgan fingerprint density at radius 3 is 2.32 bits per heavy atom. The summed E-state index contributed by atoms with van der Waals surface area (Å²) in [6.45, 7) is 18.9. The summed E-state index contributed by atoms with van der Waals surface area (Å²) >= 11 is 0. The molecule has 0 aromatic carbocycles. The summed E-state index contributed by atoms with van der Waals surface area (Å²) in [4.78, 5) is 0. The van der Waals surface area contributed by atoms with E-state index < -0.39 is 14.4 Å². The lowest BCUT2D eigenvalue weighted by Crippen LogP contribution is -2.42. The van der Waals surface area contributed by atoms with Crippen LogP contribution in [0.2, 0.25) is 18.1 Å². The van der Waals surface area contributed by atoms with E-state index in [9.17, 15) is 5.11 Å². The number of hydrogen-bond acceptors (Lipinski definition) is 2. The van der Waals surface area contributed by atoms with Crippen molar-refractivity contribution in [2.45, 2.75) is 65.3 Å². The number of allylic oxidation sites excluding steroid dienone is 1. The van der Waals surface area contributed by atoms with Gasteiger partial charge in [-0.05, 0) is 49.5 Å². The van der Waals surface area contributed by atoms with Gasteiger partial charge >= 0.3 is 0 Å². The topological polar surface area (TPSA) is 29.5 Å². The monoisotopic (exact) mass is 282 g/mol. The predicted molar refractivity (Wildman–Crippen MR) is 85.9 cm³/mol. The van der Waals surface area contributed by atoms with Crippen LogP contribution in [-0.4, -0.2) is 26.1 Å². The predicted octanol–water partition coefficient (Wildman–Crippen LogP) is 4.44. The number of aliphatic hydroxyl groups excluding tert-OH is 1. The van der Waals surface area contributed by atoms with Crippen LogP contribution in [0.15, 0.2) is 29.5 Å². The van der Waals surface area contributed by atoms with Gasteiger partial charge < -0.3 is 9.53 Å². The minimum atomic E-state index is -1.79. The smallest absolute Gasteiger partial charge is 0.192 e. The van der Waals surface area contributed by atoms with Gasteiger partial charge in [0.2, 0.25) is 0 Å². The second-order valence-electron chi connectivity index (χ2n) is 6.67. The van der Waals surface area contributed by atoms with Crippen LogP contribution in [0.1, 0.15) is 41.0 Å². The van der Waals surface area contributed by atoms with Crippen molar-refractivity contribution in [2.75, 3.05) is 6.61 Å². The van der Waals surface area contributed by atoms with Gasteiger partial charge in [-0.1, -0.05) is 26.8 Å². The van der Waals surface area contributed by atoms with E-state index >= 15 is 0 Å². The summed E-state index contributed by atoms with van der Waals surface area (Å²) in [6.07, 6.45) is 2.07. The maximum Gasteiger partial charge on any atom is 0.192 e. The van der Waals surface area contributed by atoms with Crippen LogP contribution in [0, 0.1) is 0 Å². The molecule has 0 rings (SSSR count). The highest BCUT2D eigenvalue weighted by atomic mass is 28.4. The largest absolute Gasteiger partial charge is 0.414 e. The second kappa shape index (κ2) is 7.25. The van der Waals surface area contributed by atoms with Gasteiger partial charge in [0.05, 0.1) is 6.61 Å². The lowest BCUT2D eigenvalue weighted by molar-refractivity contribution is 0.127. The van der Waals surface area contributed by atoms with E-state index in [2.05, 4.69) is 46.2 Å². The zero-order chi connectivity index (χ0) is 15.3. The van der Waals surface area contributed by atoms with Crippen LogP contribution in [0.3, 0.4) is 0 Å². The van der Waals surface area contributed by atoms with Crippen molar-refractivity contribution in [1.82, 2.24) is 0 Å². The van der Waals surface area contributed by atoms with Crippen LogP contribution in [0.5, 0.6) is 0 Å². The first-order chi connectivity index (χ1) is 8.51. The fourth-order valence-electron chi connectivity index (χ4n) is 1.32. The van der Waals surface area contributed by atoms with E-state index in [0.29, 0.717) is 6.61 Å². The Morgan fingerprint density at radius 2 is 1.89 bits per heavy atom. The summed E-state index contributed by atoms with van der Waals surface area (Å²) < 4.78 is 6.02. The molecule has 0 radical (unpaired) electrons. The minimum Gasteiger partial charge on any atom is -0.414 e. The summed E-state index contributed by atoms with van der Waals surface area (Å²) in [5.74, 6) is 0. The lowest BCUT2D eigenvalue weighted by atomic mass is 10.1. The fraction of sp³-hybridized carbons (Fsp3) is 0.688. The Hall–Kier alpha value is -0.603. The van der Waals surface area contributed by atoms with E-state index in [-0.39, 0.29) is 5.04 Å². The standard InChI is InChI=1S/C16H30O2Si/c1-9-10-13(2)11-14(3)15(17)12-18-19(7,8)16(4,5)6/h9,15,17H,1,10,12H2,2-8H3. The number of hydrogen-bond donors (Lipinski definition) is 1. The van der Waals surface area contributed by atoms with E-state index in [1.54, 1.807) is 0 Å². The molecule has 2 nitrogen and oxygen atoms in total. The molecule has 0 heterocycles. The fourth-order valence-corrected chi connectivity index (χ4v) is 2.32. The number of aliphatic hydroxyl groups is 1. The summed E-state index contributed by atoms with van der Waals surface area (Å²) in [5.41, 5.74) is 5.12. The molecule has 1 unspecified atom stereocenters. The molecule has 1 N–H and O–H groups in total. The van der Waals surface area contributed by atoms with E-state index in [0.717, 1.165) is 17.6 Å². The maximum atomic E-state index is 10.1. The van der Waals surface area contributed by atoms with Gasteiger partial charge in [0, 0.05) is 0 Å². The first-order valence-corrected chi connectivity index (χ1v) is 9.78. The van der Waals surface area contributed by atoms with E-state index in [1.165, 1.54) is 0 Å². The molecular weight excluding hydrogens is 252 g/mol. The molecule has 19 heavy (non-hydrogen) atoms. The van der Waals surface area contributed by atoms with Crippen LogP contribution < -0.4 is 0 Å². The summed E-state index contributed by atoms with van der Waals surface area (Å²) in [5, 5.41) is 10.3. The molecular formula is C16H30O2Si. The molecule has 0 amide bonds. The van der Waals surface area contributed by atoms with Crippen LogP contribution in [-0.2, 0) is 4.43 Å². The van der Waals surface area contributed by atoms with Gasteiger partial charge in [0.25, 0.3) is 0 Å². The lowest BCUT2D eigenvalue weighted by Gasteiger charge is -2.36. The van der Waals surface area contributed by atoms with Gasteiger partial charge in [-0.15, -0.1) is 12.3 Å². The molecule has 0 saturated heterocycles. The Labute approximate surface area is 120 Å². The Kier molecular flexibility index (Phi) is 7.02. The zero-order valence-corrected chi connectivity index (χ0v) is 14.6. The highest BCUT2D eigenvalue weighted by molar-refractivity contribution is 6.74. The van der Waals surface area contributed by atoms with Crippen molar-refractivity contribution in [3.05, 3.63) is 29.5 Å². The molecule has 0 aliphatic rings. The number of rotatable bonds is 6. The molecule has 0 aliphatic heterocycles. The van der Waals surface area contributed by atoms with Crippen molar-refractivity contribution in [3.8, 4) is 0 Å². The Bertz CT molecular complexity index is 369. The van der Waals surface area contributed by atoms with Crippen molar-refractivity contribution in [3.63, 3.8) is 0 Å². The van der Waals surface area contributed by atoms with Crippen LogP contribution >= 0.6 is 0 Å². The van der Waals surface area contributed by atoms with E-state index in [1.807, 2.05) is 19.9 Å². The normalized spacial score (nSPS) is 13.7. The maximum absolute atomic E-state index is 10.1. The zero-order valence-electron chi connectivity index (χ0n) is 13.6. The minimum absolute atomic E-state index is 0.166. The summed E-state index contributed by atoms with van der Waals surface area (Å²) in [7, 11) is -1.79. The third-order valence-electron chi connectivity index (χ3n) is 3.77. The molecule has 0 saturated carbocycles. The average Bonchev–Trinajstić information content (AvgIpc) is 2.24. The Balaban J connectivity index is 4.69. The second-order valence-corrected chi connectivity index (χ2v) is 11.5. The van der Waals surface area contributed by atoms with Crippen molar-refractivity contribution in [1.29, 1.82) is 0 Å². The molecule has 0 aliphatic carbocycles. The molecule has 0 aromatic rings. The van der Waals surface area contributed by atoms with Gasteiger partial charge in [-0.2, -0.15) is 0 Å². The molecule has 110 valence electrons. The van der Waals surface area contributed by atoms with Gasteiger partial charge in [0.1, 0.15) is 6.10 Å². The van der Waals surface area contributed by atoms with Gasteiger partial charge in [-0.25, -0.2) is 0 Å². The highest BCUT2D eigenvalue weighted by Crippen LogP contribution is 2.36. The van der Waals surface area contributed by atoms with E-state index in [4.69, 9.17) is 4.43 Å². The summed E-state index contributed by atoms with van der Waals surface area (Å²) in [6, 6.07) is 0. The molecule has 0 bridgehead atoms. The molecule has 0 fully saturated rings. The molecule has 0 spiro atoms. The van der Waals surface area contributed by atoms with Gasteiger partial charge in [-0.3, -0.25) is 0 Å². The van der Waals surface area contributed by atoms with Crippen LogP contribution in [0.25, 0.3) is 0 Å². The highest BCUT2D eigenvalue weighted by Gasteiger charge is 2.37. The van der Waals surface area contributed by atoms with Crippen molar-refractivity contribution in [2.24, 2.45) is 0 Å². The van der Waals surface area contributed by atoms with Crippen LogP contribution in [0.4, 0.5) is 0 Å². The molecule has 0 aromatic heterocycles. The molecule has 1 atom stereocenters. The SMILES string of the molecule is C=CCC(C)=C=C(C)C(O)CO[Si](C)(C)C(C)(C)C. The third-order valence-corrected chi connectivity index (χ3v) is 8.27. The quantitative estimate of drug-likeness (QED) is 0.443. The van der Waals surface area contributed by atoms with Gasteiger partial charge in [0.15, 0.2) is 8.32 Å². The van der Waals surface area contributed by atoms with Crippen molar-refractivity contribution < 1.29 is 9.53 Å². The first kappa shape index (κ1) is 18.4. The van der Waals surface area contributed by atoms with Crippen molar-refractivity contribution >= 4 is 8.32 Å². The average molecular weight is 282 g/mol. The molecule has 3 heteroatoms. The third kappa shape index (κ3) is 6.39.